The molecule has 1 atom stereocenters. The van der Waals surface area contributed by atoms with Gasteiger partial charge < -0.3 is 10.6 Å². The van der Waals surface area contributed by atoms with Gasteiger partial charge in [-0.15, -0.1) is 0 Å². The van der Waals surface area contributed by atoms with Crippen molar-refractivity contribution >= 4 is 23.2 Å². The van der Waals surface area contributed by atoms with Gasteiger partial charge in [-0.05, 0) is 69.3 Å². The van der Waals surface area contributed by atoms with Crippen LogP contribution < -0.4 is 10.6 Å². The van der Waals surface area contributed by atoms with Crippen LogP contribution in [0.2, 0.25) is 0 Å². The number of nitrogens with zero attached hydrogens (tertiary/aromatic N) is 2. The molecule has 6 heteroatoms. The predicted octanol–water partition coefficient (Wildman–Crippen LogP) is 3.07. The van der Waals surface area contributed by atoms with Crippen molar-refractivity contribution in [1.29, 1.82) is 5.26 Å². The minimum absolute atomic E-state index is 0.0926. The second-order valence-electron chi connectivity index (χ2n) is 6.57. The number of nitriles is 1. The third-order valence-corrected chi connectivity index (χ3v) is 4.59. The maximum Gasteiger partial charge on any atom is 0.241 e. The SMILES string of the molecule is Cc1cccc(NC(=O)CN(C)[C@@H](C)C(=O)Nc2ccc(C#N)cc2)c1C. The number of carbonyl (C=O) groups is 2. The van der Waals surface area contributed by atoms with Crippen LogP contribution in [0.4, 0.5) is 11.4 Å². The van der Waals surface area contributed by atoms with E-state index in [1.165, 1.54) is 0 Å². The monoisotopic (exact) mass is 364 g/mol. The normalized spacial score (nSPS) is 11.6. The number of hydrogen-bond donors (Lipinski definition) is 2. The summed E-state index contributed by atoms with van der Waals surface area (Å²) in [6.45, 7) is 5.79. The molecular formula is C21H24N4O2. The predicted molar refractivity (Wildman–Crippen MR) is 106 cm³/mol. The average Bonchev–Trinajstić information content (AvgIpc) is 2.65. The van der Waals surface area contributed by atoms with Gasteiger partial charge >= 0.3 is 0 Å². The summed E-state index contributed by atoms with van der Waals surface area (Å²) in [5.41, 5.74) is 4.06. The molecule has 0 spiro atoms. The maximum absolute atomic E-state index is 12.4. The number of hydrogen-bond acceptors (Lipinski definition) is 4. The minimum Gasteiger partial charge on any atom is -0.325 e. The van der Waals surface area contributed by atoms with Gasteiger partial charge in [-0.2, -0.15) is 5.26 Å². The first-order valence-electron chi connectivity index (χ1n) is 8.69. The van der Waals surface area contributed by atoms with Crippen LogP contribution in [-0.4, -0.2) is 36.3 Å². The molecule has 2 N–H and O–H groups in total. The summed E-state index contributed by atoms with van der Waals surface area (Å²) < 4.78 is 0. The van der Waals surface area contributed by atoms with Crippen LogP contribution in [-0.2, 0) is 9.59 Å². The molecule has 2 amide bonds. The van der Waals surface area contributed by atoms with Crippen LogP contribution in [0, 0.1) is 25.2 Å². The Morgan fingerprint density at radius 3 is 2.41 bits per heavy atom. The number of likely N-dealkylation sites (N-methyl/N-ethyl adjacent to an activating group) is 1. The molecule has 0 aromatic heterocycles. The van der Waals surface area contributed by atoms with Crippen LogP contribution in [0.5, 0.6) is 0 Å². The van der Waals surface area contributed by atoms with Crippen molar-refractivity contribution in [3.63, 3.8) is 0 Å². The Kier molecular flexibility index (Phi) is 6.69. The van der Waals surface area contributed by atoms with E-state index in [1.807, 2.05) is 38.1 Å². The molecule has 0 aliphatic rings. The highest BCUT2D eigenvalue weighted by molar-refractivity contribution is 5.96. The average molecular weight is 364 g/mol. The largest absolute Gasteiger partial charge is 0.325 e. The van der Waals surface area contributed by atoms with Crippen LogP contribution >= 0.6 is 0 Å². The Labute approximate surface area is 159 Å². The first-order valence-corrected chi connectivity index (χ1v) is 8.69. The van der Waals surface area contributed by atoms with Crippen molar-refractivity contribution < 1.29 is 9.59 Å². The van der Waals surface area contributed by atoms with Crippen molar-refractivity contribution in [3.8, 4) is 6.07 Å². The lowest BCUT2D eigenvalue weighted by Crippen LogP contribution is -2.43. The molecule has 0 saturated heterocycles. The summed E-state index contributed by atoms with van der Waals surface area (Å²) in [6.07, 6.45) is 0. The Bertz CT molecular complexity index is 869. The lowest BCUT2D eigenvalue weighted by molar-refractivity contribution is -0.122. The van der Waals surface area contributed by atoms with Gasteiger partial charge in [-0.1, -0.05) is 12.1 Å². The number of carbonyl (C=O) groups excluding carboxylic acids is 2. The zero-order chi connectivity index (χ0) is 20.0. The fourth-order valence-corrected chi connectivity index (χ4v) is 2.51. The van der Waals surface area contributed by atoms with Gasteiger partial charge in [0.25, 0.3) is 0 Å². The van der Waals surface area contributed by atoms with E-state index in [-0.39, 0.29) is 18.4 Å². The molecule has 0 heterocycles. The highest BCUT2D eigenvalue weighted by Gasteiger charge is 2.20. The van der Waals surface area contributed by atoms with E-state index < -0.39 is 6.04 Å². The van der Waals surface area contributed by atoms with Gasteiger partial charge in [0.05, 0.1) is 24.2 Å². The van der Waals surface area contributed by atoms with Crippen LogP contribution in [0.25, 0.3) is 0 Å². The summed E-state index contributed by atoms with van der Waals surface area (Å²) in [7, 11) is 1.73. The highest BCUT2D eigenvalue weighted by Crippen LogP contribution is 2.18. The molecular weight excluding hydrogens is 340 g/mol. The minimum atomic E-state index is -0.495. The van der Waals surface area contributed by atoms with Crippen molar-refractivity contribution in [2.45, 2.75) is 26.8 Å². The van der Waals surface area contributed by atoms with Gasteiger partial charge in [0, 0.05) is 11.4 Å². The first kappa shape index (κ1) is 20.1. The Balaban J connectivity index is 1.92. The molecule has 0 unspecified atom stereocenters. The van der Waals surface area contributed by atoms with Crippen LogP contribution in [0.15, 0.2) is 42.5 Å². The Morgan fingerprint density at radius 1 is 1.11 bits per heavy atom. The van der Waals surface area contributed by atoms with Gasteiger partial charge in [0.15, 0.2) is 0 Å². The lowest BCUT2D eigenvalue weighted by atomic mass is 10.1. The molecule has 2 rings (SSSR count). The second kappa shape index (κ2) is 8.97. The molecule has 0 fully saturated rings. The van der Waals surface area contributed by atoms with Gasteiger partial charge in [-0.3, -0.25) is 14.5 Å². The molecule has 0 aliphatic carbocycles. The summed E-state index contributed by atoms with van der Waals surface area (Å²) >= 11 is 0. The molecule has 0 saturated carbocycles. The molecule has 6 nitrogen and oxygen atoms in total. The second-order valence-corrected chi connectivity index (χ2v) is 6.57. The van der Waals surface area contributed by atoms with Crippen LogP contribution in [0.1, 0.15) is 23.6 Å². The molecule has 2 aromatic carbocycles. The van der Waals surface area contributed by atoms with Crippen molar-refractivity contribution in [3.05, 3.63) is 59.2 Å². The molecule has 0 aliphatic heterocycles. The van der Waals surface area contributed by atoms with Gasteiger partial charge in [0.2, 0.25) is 11.8 Å². The number of anilines is 2. The summed E-state index contributed by atoms with van der Waals surface area (Å²) in [5, 5.41) is 14.5. The molecule has 27 heavy (non-hydrogen) atoms. The summed E-state index contributed by atoms with van der Waals surface area (Å²) in [6, 6.07) is 13.9. The number of rotatable bonds is 6. The first-order chi connectivity index (χ1) is 12.8. The Morgan fingerprint density at radius 2 is 1.78 bits per heavy atom. The smallest absolute Gasteiger partial charge is 0.241 e. The van der Waals surface area contributed by atoms with E-state index >= 15 is 0 Å². The maximum atomic E-state index is 12.4. The zero-order valence-corrected chi connectivity index (χ0v) is 16.0. The number of aryl methyl sites for hydroxylation is 1. The topological polar surface area (TPSA) is 85.2 Å². The zero-order valence-electron chi connectivity index (χ0n) is 16.0. The van der Waals surface area contributed by atoms with Crippen molar-refractivity contribution in [2.24, 2.45) is 0 Å². The third kappa shape index (κ3) is 5.40. The van der Waals surface area contributed by atoms with E-state index in [9.17, 15) is 9.59 Å². The molecule has 0 bridgehead atoms. The van der Waals surface area contributed by atoms with E-state index in [1.54, 1.807) is 43.1 Å². The standard InChI is InChI=1S/C21H24N4O2/c1-14-6-5-7-19(15(14)2)24-20(26)13-25(4)16(3)21(27)23-18-10-8-17(12-22)9-11-18/h5-11,16H,13H2,1-4H3,(H,23,27)(H,24,26)/t16-/m0/s1. The number of nitrogens with one attached hydrogen (secondary N) is 2. The third-order valence-electron chi connectivity index (χ3n) is 4.59. The quantitative estimate of drug-likeness (QED) is 0.825. The van der Waals surface area contributed by atoms with Crippen molar-refractivity contribution in [2.75, 3.05) is 24.2 Å². The van der Waals surface area contributed by atoms with Crippen molar-refractivity contribution in [1.82, 2.24) is 4.90 Å². The Hall–Kier alpha value is -3.17. The molecule has 2 aromatic rings. The van der Waals surface area contributed by atoms with E-state index in [0.717, 1.165) is 16.8 Å². The highest BCUT2D eigenvalue weighted by atomic mass is 16.2. The lowest BCUT2D eigenvalue weighted by Gasteiger charge is -2.23. The van der Waals surface area contributed by atoms with Gasteiger partial charge in [0.1, 0.15) is 0 Å². The molecule has 0 radical (unpaired) electrons. The fraction of sp³-hybridized carbons (Fsp3) is 0.286. The summed E-state index contributed by atoms with van der Waals surface area (Å²) in [5.74, 6) is -0.397. The van der Waals surface area contributed by atoms with Crippen LogP contribution in [0.3, 0.4) is 0 Å². The van der Waals surface area contributed by atoms with E-state index in [0.29, 0.717) is 11.3 Å². The number of amides is 2. The summed E-state index contributed by atoms with van der Waals surface area (Å²) in [4.78, 5) is 26.4. The van der Waals surface area contributed by atoms with E-state index in [2.05, 4.69) is 10.6 Å². The molecule has 140 valence electrons. The fourth-order valence-electron chi connectivity index (χ4n) is 2.51. The van der Waals surface area contributed by atoms with E-state index in [4.69, 9.17) is 5.26 Å². The van der Waals surface area contributed by atoms with Gasteiger partial charge in [-0.25, -0.2) is 0 Å². The number of benzene rings is 2.